The Hall–Kier alpha value is -3.14. The third-order valence-corrected chi connectivity index (χ3v) is 8.80. The standard InChI is InChI=1S/C30H34Cl2FN3O4S/c1-5-28(30(38)34-17-20(2)3)35(18-22-8-9-23(31)16-27(22)32)29(37)19-36(25-12-10-24(33)11-13-25)41(39,40)26-14-6-21(4)7-15-26/h6-16,20,28H,5,17-19H2,1-4H3,(H,34,38). The second kappa shape index (κ2) is 14.2. The van der Waals surface area contributed by atoms with Crippen LogP contribution in [0.4, 0.5) is 10.1 Å². The van der Waals surface area contributed by atoms with Crippen molar-refractivity contribution in [2.45, 2.75) is 51.6 Å². The third kappa shape index (κ3) is 8.44. The molecule has 7 nitrogen and oxygen atoms in total. The number of halogens is 3. The number of carbonyl (C=O) groups is 2. The molecule has 0 aliphatic rings. The van der Waals surface area contributed by atoms with E-state index >= 15 is 0 Å². The van der Waals surface area contributed by atoms with Gasteiger partial charge in [-0.05, 0) is 73.4 Å². The van der Waals surface area contributed by atoms with Crippen LogP contribution < -0.4 is 9.62 Å². The van der Waals surface area contributed by atoms with Gasteiger partial charge in [-0.3, -0.25) is 13.9 Å². The number of hydrogen-bond acceptors (Lipinski definition) is 4. The Bertz CT molecular complexity index is 1470. The fourth-order valence-corrected chi connectivity index (χ4v) is 6.03. The monoisotopic (exact) mass is 621 g/mol. The zero-order valence-electron chi connectivity index (χ0n) is 23.4. The molecule has 2 amide bonds. The van der Waals surface area contributed by atoms with Gasteiger partial charge in [0.25, 0.3) is 10.0 Å². The smallest absolute Gasteiger partial charge is 0.264 e. The number of sulfonamides is 1. The Morgan fingerprint density at radius 3 is 2.17 bits per heavy atom. The number of nitrogens with zero attached hydrogens (tertiary/aromatic N) is 2. The Labute approximate surface area is 251 Å². The van der Waals surface area contributed by atoms with Crippen molar-refractivity contribution < 1.29 is 22.4 Å². The van der Waals surface area contributed by atoms with Crippen LogP contribution in [0.2, 0.25) is 10.0 Å². The van der Waals surface area contributed by atoms with Crippen molar-refractivity contribution in [3.05, 3.63) is 93.7 Å². The van der Waals surface area contributed by atoms with Crippen LogP contribution in [-0.2, 0) is 26.2 Å². The maximum atomic E-state index is 14.0. The quantitative estimate of drug-likeness (QED) is 0.260. The fraction of sp³-hybridized carbons (Fsp3) is 0.333. The molecule has 0 saturated heterocycles. The summed E-state index contributed by atoms with van der Waals surface area (Å²) in [6, 6.07) is 14.9. The van der Waals surface area contributed by atoms with E-state index in [9.17, 15) is 22.4 Å². The maximum Gasteiger partial charge on any atom is 0.264 e. The molecule has 0 aliphatic heterocycles. The molecule has 11 heteroatoms. The molecule has 0 heterocycles. The van der Waals surface area contributed by atoms with Gasteiger partial charge in [0.05, 0.1) is 10.6 Å². The highest BCUT2D eigenvalue weighted by Gasteiger charge is 2.34. The Morgan fingerprint density at radius 1 is 0.976 bits per heavy atom. The van der Waals surface area contributed by atoms with E-state index in [1.165, 1.54) is 35.2 Å². The SMILES string of the molecule is CCC(C(=O)NCC(C)C)N(Cc1ccc(Cl)cc1Cl)C(=O)CN(c1ccc(F)cc1)S(=O)(=O)c1ccc(C)cc1. The number of rotatable bonds is 12. The largest absolute Gasteiger partial charge is 0.354 e. The maximum absolute atomic E-state index is 14.0. The molecule has 3 aromatic rings. The summed E-state index contributed by atoms with van der Waals surface area (Å²) in [6.45, 7) is 7.20. The number of nitrogens with one attached hydrogen (secondary N) is 1. The minimum atomic E-state index is -4.25. The summed E-state index contributed by atoms with van der Waals surface area (Å²) >= 11 is 12.5. The number of hydrogen-bond donors (Lipinski definition) is 1. The zero-order chi connectivity index (χ0) is 30.3. The number of aryl methyl sites for hydroxylation is 1. The molecule has 0 aliphatic carbocycles. The zero-order valence-corrected chi connectivity index (χ0v) is 25.7. The molecular weight excluding hydrogens is 588 g/mol. The summed E-state index contributed by atoms with van der Waals surface area (Å²) in [7, 11) is -4.25. The van der Waals surface area contributed by atoms with Crippen LogP contribution in [0.25, 0.3) is 0 Å². The highest BCUT2D eigenvalue weighted by molar-refractivity contribution is 7.92. The van der Waals surface area contributed by atoms with Crippen LogP contribution in [-0.4, -0.2) is 44.3 Å². The Balaban J connectivity index is 2.06. The van der Waals surface area contributed by atoms with E-state index in [2.05, 4.69) is 5.32 Å². The molecule has 0 radical (unpaired) electrons. The molecule has 1 atom stereocenters. The van der Waals surface area contributed by atoms with E-state index < -0.39 is 34.3 Å². The van der Waals surface area contributed by atoms with Gasteiger partial charge >= 0.3 is 0 Å². The fourth-order valence-electron chi connectivity index (χ4n) is 4.15. The van der Waals surface area contributed by atoms with Crippen molar-refractivity contribution in [3.63, 3.8) is 0 Å². The molecule has 0 fully saturated rings. The van der Waals surface area contributed by atoms with Crippen LogP contribution in [0.3, 0.4) is 0 Å². The Kier molecular flexibility index (Phi) is 11.2. The molecule has 1 N–H and O–H groups in total. The van der Waals surface area contributed by atoms with Crippen molar-refractivity contribution in [2.75, 3.05) is 17.4 Å². The van der Waals surface area contributed by atoms with E-state index in [0.717, 1.165) is 22.0 Å². The topological polar surface area (TPSA) is 86.8 Å². The molecule has 0 bridgehead atoms. The first-order valence-corrected chi connectivity index (χ1v) is 15.4. The van der Waals surface area contributed by atoms with E-state index in [-0.39, 0.29) is 35.4 Å². The van der Waals surface area contributed by atoms with Gasteiger partial charge in [-0.15, -0.1) is 0 Å². The third-order valence-electron chi connectivity index (χ3n) is 6.43. The molecule has 0 aromatic heterocycles. The molecule has 0 spiro atoms. The van der Waals surface area contributed by atoms with Crippen molar-refractivity contribution in [2.24, 2.45) is 5.92 Å². The average molecular weight is 623 g/mol. The van der Waals surface area contributed by atoms with Crippen molar-refractivity contribution >= 4 is 50.7 Å². The number of amides is 2. The second-order valence-electron chi connectivity index (χ2n) is 10.1. The normalized spacial score (nSPS) is 12.2. The van der Waals surface area contributed by atoms with Crippen LogP contribution in [0, 0.1) is 18.7 Å². The lowest BCUT2D eigenvalue weighted by Crippen LogP contribution is -2.52. The van der Waals surface area contributed by atoms with Gasteiger partial charge in [0.2, 0.25) is 11.8 Å². The molecule has 3 aromatic carbocycles. The van der Waals surface area contributed by atoms with E-state index in [4.69, 9.17) is 23.2 Å². The van der Waals surface area contributed by atoms with Crippen molar-refractivity contribution in [1.29, 1.82) is 0 Å². The van der Waals surface area contributed by atoms with Crippen LogP contribution in [0.1, 0.15) is 38.3 Å². The lowest BCUT2D eigenvalue weighted by atomic mass is 10.1. The summed E-state index contributed by atoms with van der Waals surface area (Å²) in [4.78, 5) is 28.6. The molecule has 1 unspecified atom stereocenters. The average Bonchev–Trinajstić information content (AvgIpc) is 2.92. The van der Waals surface area contributed by atoms with E-state index in [1.807, 2.05) is 20.8 Å². The predicted molar refractivity (Wildman–Crippen MR) is 161 cm³/mol. The van der Waals surface area contributed by atoms with Crippen molar-refractivity contribution in [1.82, 2.24) is 10.2 Å². The number of carbonyl (C=O) groups excluding carboxylic acids is 2. The van der Waals surface area contributed by atoms with Crippen LogP contribution in [0.15, 0.2) is 71.6 Å². The summed E-state index contributed by atoms with van der Waals surface area (Å²) in [6.07, 6.45) is 0.266. The highest BCUT2D eigenvalue weighted by Crippen LogP contribution is 2.27. The minimum Gasteiger partial charge on any atom is -0.354 e. The first-order valence-electron chi connectivity index (χ1n) is 13.2. The van der Waals surface area contributed by atoms with Crippen molar-refractivity contribution in [3.8, 4) is 0 Å². The second-order valence-corrected chi connectivity index (χ2v) is 12.8. The lowest BCUT2D eigenvalue weighted by Gasteiger charge is -2.33. The van der Waals surface area contributed by atoms with Gasteiger partial charge in [-0.2, -0.15) is 0 Å². The molecule has 0 saturated carbocycles. The molecular formula is C30H34Cl2FN3O4S. The van der Waals surface area contributed by atoms with Gasteiger partial charge < -0.3 is 10.2 Å². The summed E-state index contributed by atoms with van der Waals surface area (Å²) in [5, 5.41) is 3.58. The highest BCUT2D eigenvalue weighted by atomic mass is 35.5. The predicted octanol–water partition coefficient (Wildman–Crippen LogP) is 6.22. The summed E-state index contributed by atoms with van der Waals surface area (Å²) in [5.41, 5.74) is 1.49. The lowest BCUT2D eigenvalue weighted by molar-refractivity contribution is -0.140. The van der Waals surface area contributed by atoms with Crippen LogP contribution in [0.5, 0.6) is 0 Å². The van der Waals surface area contributed by atoms with Gasteiger partial charge in [-0.1, -0.05) is 67.7 Å². The number of benzene rings is 3. The first kappa shape index (κ1) is 32.4. The number of anilines is 1. The van der Waals surface area contributed by atoms with Gasteiger partial charge in [-0.25, -0.2) is 12.8 Å². The first-order chi connectivity index (χ1) is 19.3. The summed E-state index contributed by atoms with van der Waals surface area (Å²) < 4.78 is 42.4. The summed E-state index contributed by atoms with van der Waals surface area (Å²) in [5.74, 6) is -1.38. The van der Waals surface area contributed by atoms with E-state index in [0.29, 0.717) is 22.2 Å². The molecule has 3 rings (SSSR count). The minimum absolute atomic E-state index is 0.0331. The molecule has 220 valence electrons. The Morgan fingerprint density at radius 2 is 1.61 bits per heavy atom. The van der Waals surface area contributed by atoms with Gasteiger partial charge in [0.1, 0.15) is 18.4 Å². The van der Waals surface area contributed by atoms with Crippen LogP contribution >= 0.6 is 23.2 Å². The van der Waals surface area contributed by atoms with Gasteiger partial charge in [0, 0.05) is 23.1 Å². The van der Waals surface area contributed by atoms with E-state index in [1.54, 1.807) is 31.2 Å². The molecule has 41 heavy (non-hydrogen) atoms. The van der Waals surface area contributed by atoms with Gasteiger partial charge in [0.15, 0.2) is 0 Å².